The fourth-order valence-corrected chi connectivity index (χ4v) is 2.83. The molecule has 1 fully saturated rings. The summed E-state index contributed by atoms with van der Waals surface area (Å²) in [5.41, 5.74) is 1.12. The average molecular weight is 304 g/mol. The summed E-state index contributed by atoms with van der Waals surface area (Å²) in [6.45, 7) is 6.70. The first kappa shape index (κ1) is 16.8. The Labute approximate surface area is 133 Å². The van der Waals surface area contributed by atoms with Crippen molar-refractivity contribution >= 4 is 5.91 Å². The third kappa shape index (κ3) is 5.68. The zero-order valence-corrected chi connectivity index (χ0v) is 13.7. The lowest BCUT2D eigenvalue weighted by Gasteiger charge is -2.22. The molecule has 1 saturated heterocycles. The summed E-state index contributed by atoms with van der Waals surface area (Å²) in [5.74, 6) is 1.73. The molecule has 1 heterocycles. The van der Waals surface area contributed by atoms with Gasteiger partial charge in [0.1, 0.15) is 12.4 Å². The molecule has 0 bridgehead atoms. The van der Waals surface area contributed by atoms with Crippen molar-refractivity contribution < 1.29 is 9.53 Å². The summed E-state index contributed by atoms with van der Waals surface area (Å²) >= 11 is 0. The largest absolute Gasteiger partial charge is 0.491 e. The SMILES string of the molecule is Cc1ccccc1OCC(C)NC(=O)CCC1CCNCC1. The molecule has 0 aliphatic carbocycles. The maximum absolute atomic E-state index is 12.0. The highest BCUT2D eigenvalue weighted by Crippen LogP contribution is 2.18. The Balaban J connectivity index is 1.64. The van der Waals surface area contributed by atoms with Crippen LogP contribution in [0.25, 0.3) is 0 Å². The highest BCUT2D eigenvalue weighted by atomic mass is 16.5. The van der Waals surface area contributed by atoms with Crippen molar-refractivity contribution in [3.8, 4) is 5.75 Å². The second-order valence-corrected chi connectivity index (χ2v) is 6.28. The number of carbonyl (C=O) groups excluding carboxylic acids is 1. The number of benzene rings is 1. The van der Waals surface area contributed by atoms with Crippen molar-refractivity contribution in [3.05, 3.63) is 29.8 Å². The molecule has 1 unspecified atom stereocenters. The maximum Gasteiger partial charge on any atom is 0.220 e. The Morgan fingerprint density at radius 1 is 1.36 bits per heavy atom. The van der Waals surface area contributed by atoms with Crippen LogP contribution in [-0.4, -0.2) is 31.6 Å². The third-order valence-electron chi connectivity index (χ3n) is 4.23. The van der Waals surface area contributed by atoms with Crippen molar-refractivity contribution in [2.24, 2.45) is 5.92 Å². The lowest BCUT2D eigenvalue weighted by Crippen LogP contribution is -2.37. The van der Waals surface area contributed by atoms with Gasteiger partial charge in [-0.2, -0.15) is 0 Å². The van der Waals surface area contributed by atoms with Gasteiger partial charge in [0.05, 0.1) is 6.04 Å². The van der Waals surface area contributed by atoms with E-state index in [2.05, 4.69) is 10.6 Å². The minimum absolute atomic E-state index is 0.0279. The molecule has 4 nitrogen and oxygen atoms in total. The number of carbonyl (C=O) groups is 1. The fourth-order valence-electron chi connectivity index (χ4n) is 2.83. The van der Waals surface area contributed by atoms with E-state index >= 15 is 0 Å². The summed E-state index contributed by atoms with van der Waals surface area (Å²) in [6.07, 6.45) is 4.01. The van der Waals surface area contributed by atoms with Crippen molar-refractivity contribution in [2.45, 2.75) is 45.6 Å². The number of ether oxygens (including phenoxy) is 1. The zero-order valence-electron chi connectivity index (χ0n) is 13.7. The van der Waals surface area contributed by atoms with Gasteiger partial charge in [0, 0.05) is 6.42 Å². The predicted molar refractivity (Wildman–Crippen MR) is 89.1 cm³/mol. The molecule has 0 spiro atoms. The summed E-state index contributed by atoms with van der Waals surface area (Å²) in [7, 11) is 0. The van der Waals surface area contributed by atoms with E-state index < -0.39 is 0 Å². The first-order valence-corrected chi connectivity index (χ1v) is 8.33. The molecule has 1 aliphatic rings. The minimum Gasteiger partial charge on any atom is -0.491 e. The van der Waals surface area contributed by atoms with Crippen molar-refractivity contribution in [3.63, 3.8) is 0 Å². The van der Waals surface area contributed by atoms with Gasteiger partial charge in [0.25, 0.3) is 0 Å². The van der Waals surface area contributed by atoms with Crippen LogP contribution in [0.2, 0.25) is 0 Å². The number of para-hydroxylation sites is 1. The molecule has 2 N–H and O–H groups in total. The Morgan fingerprint density at radius 2 is 2.09 bits per heavy atom. The number of hydrogen-bond acceptors (Lipinski definition) is 3. The van der Waals surface area contributed by atoms with Gasteiger partial charge < -0.3 is 15.4 Å². The maximum atomic E-state index is 12.0. The van der Waals surface area contributed by atoms with Gasteiger partial charge in [0.15, 0.2) is 0 Å². The Kier molecular flexibility index (Phi) is 6.72. The lowest BCUT2D eigenvalue weighted by atomic mass is 9.93. The molecule has 0 aromatic heterocycles. The molecule has 1 amide bonds. The van der Waals surface area contributed by atoms with Crippen molar-refractivity contribution in [1.82, 2.24) is 10.6 Å². The minimum atomic E-state index is 0.0279. The molecule has 4 heteroatoms. The predicted octanol–water partition coefficient (Wildman–Crippen LogP) is 2.66. The van der Waals surface area contributed by atoms with Crippen LogP contribution >= 0.6 is 0 Å². The van der Waals surface area contributed by atoms with Gasteiger partial charge in [-0.05, 0) is 63.7 Å². The van der Waals surface area contributed by atoms with E-state index in [4.69, 9.17) is 4.74 Å². The molecule has 22 heavy (non-hydrogen) atoms. The van der Waals surface area contributed by atoms with Crippen molar-refractivity contribution in [2.75, 3.05) is 19.7 Å². The summed E-state index contributed by atoms with van der Waals surface area (Å²) in [6, 6.07) is 7.97. The molecule has 2 rings (SSSR count). The van der Waals surface area contributed by atoms with Gasteiger partial charge >= 0.3 is 0 Å². The normalized spacial score (nSPS) is 17.0. The van der Waals surface area contributed by atoms with Crippen LogP contribution in [0.4, 0.5) is 0 Å². The average Bonchev–Trinajstić information content (AvgIpc) is 2.53. The molecular weight excluding hydrogens is 276 g/mol. The Hall–Kier alpha value is -1.55. The monoisotopic (exact) mass is 304 g/mol. The molecule has 1 aromatic rings. The van der Waals surface area contributed by atoms with Gasteiger partial charge in [-0.3, -0.25) is 4.79 Å². The molecule has 1 atom stereocenters. The second kappa shape index (κ2) is 8.79. The second-order valence-electron chi connectivity index (χ2n) is 6.28. The summed E-state index contributed by atoms with van der Waals surface area (Å²) in [5, 5.41) is 6.38. The van der Waals surface area contributed by atoms with E-state index in [9.17, 15) is 4.79 Å². The van der Waals surface area contributed by atoms with Gasteiger partial charge in [0.2, 0.25) is 5.91 Å². The van der Waals surface area contributed by atoms with Crippen LogP contribution in [-0.2, 0) is 4.79 Å². The number of aryl methyl sites for hydroxylation is 1. The molecule has 1 aromatic carbocycles. The Morgan fingerprint density at radius 3 is 2.82 bits per heavy atom. The van der Waals surface area contributed by atoms with E-state index in [1.807, 2.05) is 38.1 Å². The van der Waals surface area contributed by atoms with Gasteiger partial charge in [-0.15, -0.1) is 0 Å². The molecule has 0 saturated carbocycles. The quantitative estimate of drug-likeness (QED) is 0.814. The standard InChI is InChI=1S/C18H28N2O2/c1-14-5-3-4-6-17(14)22-13-15(2)20-18(21)8-7-16-9-11-19-12-10-16/h3-6,15-16,19H,7-13H2,1-2H3,(H,20,21). The highest BCUT2D eigenvalue weighted by Gasteiger charge is 2.15. The lowest BCUT2D eigenvalue weighted by molar-refractivity contribution is -0.122. The number of amides is 1. The van der Waals surface area contributed by atoms with Crippen molar-refractivity contribution in [1.29, 1.82) is 0 Å². The molecule has 0 radical (unpaired) electrons. The number of nitrogens with one attached hydrogen (secondary N) is 2. The van der Waals surface area contributed by atoms with Gasteiger partial charge in [-0.25, -0.2) is 0 Å². The number of piperidine rings is 1. The van der Waals surface area contributed by atoms with Crippen LogP contribution in [0.1, 0.15) is 38.2 Å². The van der Waals surface area contributed by atoms with Crippen LogP contribution in [0.15, 0.2) is 24.3 Å². The topological polar surface area (TPSA) is 50.4 Å². The fraction of sp³-hybridized carbons (Fsp3) is 0.611. The van der Waals surface area contributed by atoms with Crippen LogP contribution in [0.3, 0.4) is 0 Å². The summed E-state index contributed by atoms with van der Waals surface area (Å²) < 4.78 is 5.77. The van der Waals surface area contributed by atoms with E-state index in [0.29, 0.717) is 18.9 Å². The van der Waals surface area contributed by atoms with Crippen LogP contribution in [0.5, 0.6) is 5.75 Å². The van der Waals surface area contributed by atoms with Gasteiger partial charge in [-0.1, -0.05) is 18.2 Å². The molecular formula is C18H28N2O2. The van der Waals surface area contributed by atoms with E-state index in [0.717, 1.165) is 30.8 Å². The number of rotatable bonds is 7. The first-order valence-electron chi connectivity index (χ1n) is 8.33. The Bertz CT molecular complexity index is 470. The molecule has 122 valence electrons. The number of hydrogen-bond donors (Lipinski definition) is 2. The molecule has 1 aliphatic heterocycles. The van der Waals surface area contributed by atoms with E-state index in [-0.39, 0.29) is 11.9 Å². The first-order chi connectivity index (χ1) is 10.6. The highest BCUT2D eigenvalue weighted by molar-refractivity contribution is 5.76. The smallest absolute Gasteiger partial charge is 0.220 e. The third-order valence-corrected chi connectivity index (χ3v) is 4.23. The van der Waals surface area contributed by atoms with Crippen LogP contribution in [0, 0.1) is 12.8 Å². The zero-order chi connectivity index (χ0) is 15.8. The van der Waals surface area contributed by atoms with E-state index in [1.54, 1.807) is 0 Å². The van der Waals surface area contributed by atoms with E-state index in [1.165, 1.54) is 12.8 Å². The summed E-state index contributed by atoms with van der Waals surface area (Å²) in [4.78, 5) is 12.0. The van der Waals surface area contributed by atoms with Crippen LogP contribution < -0.4 is 15.4 Å².